The first-order valence-electron chi connectivity index (χ1n) is 12.4. The molecule has 4 aliphatic carbocycles. The number of carbonyl (C=O) groups is 1. The normalized spacial score (nSPS) is 43.4. The fourth-order valence-corrected chi connectivity index (χ4v) is 8.19. The molecule has 0 amide bonds. The summed E-state index contributed by atoms with van der Waals surface area (Å²) in [5.74, 6) is 6.15. The molecule has 0 saturated heterocycles. The lowest BCUT2D eigenvalue weighted by Crippen LogP contribution is -2.49. The summed E-state index contributed by atoms with van der Waals surface area (Å²) < 4.78 is 0. The number of nitrogens with zero attached hydrogens (tertiary/aromatic N) is 3. The summed E-state index contributed by atoms with van der Waals surface area (Å²) in [6, 6.07) is 0. The highest BCUT2D eigenvalue weighted by Gasteiger charge is 2.58. The zero-order valence-electron chi connectivity index (χ0n) is 19.0. The van der Waals surface area contributed by atoms with E-state index >= 15 is 0 Å². The molecular formula is C25H41N3O. The van der Waals surface area contributed by atoms with Gasteiger partial charge in [0.25, 0.3) is 0 Å². The highest BCUT2D eigenvalue weighted by molar-refractivity contribution is 5.81. The highest BCUT2D eigenvalue weighted by Crippen LogP contribution is 2.64. The van der Waals surface area contributed by atoms with Crippen LogP contribution in [-0.4, -0.2) is 20.8 Å². The molecule has 4 fully saturated rings. The van der Waals surface area contributed by atoms with Crippen LogP contribution in [-0.2, 0) is 11.3 Å². The van der Waals surface area contributed by atoms with Gasteiger partial charge in [0.15, 0.2) is 5.78 Å². The summed E-state index contributed by atoms with van der Waals surface area (Å²) in [5, 5.41) is 8.31. The second kappa shape index (κ2) is 8.51. The van der Waals surface area contributed by atoms with E-state index in [1.54, 1.807) is 17.2 Å². The van der Waals surface area contributed by atoms with Gasteiger partial charge in [0.2, 0.25) is 0 Å². The molecule has 0 radical (unpaired) electrons. The third-order valence-corrected chi connectivity index (χ3v) is 9.37. The van der Waals surface area contributed by atoms with E-state index in [1.165, 1.54) is 51.4 Å². The maximum absolute atomic E-state index is 13.1. The number of Topliss-reactive ketones (excluding diaryl/α,β-unsaturated/α-hetero) is 1. The van der Waals surface area contributed by atoms with Crippen LogP contribution in [0.5, 0.6) is 0 Å². The molecule has 1 heterocycles. The van der Waals surface area contributed by atoms with E-state index in [4.69, 9.17) is 0 Å². The summed E-state index contributed by atoms with van der Waals surface area (Å²) in [4.78, 5) is 14.7. The SMILES string of the molecule is CC.CC1CC[C@H]2C(CC[C@@H]3C2CCC2(C)C3CC[C@@H]2C(=O)Cn2nccn2)C1. The Kier molecular flexibility index (Phi) is 6.18. The standard InChI is InChI=1S/C23H35N3O.C2H6/c1-15-3-5-17-16(13-15)4-6-19-18(17)9-10-23(2)20(19)7-8-21(23)22(27)14-26-24-11-12-25-26;1-2/h11-12,15-21H,3-10,13-14H2,1-2H3;1-2H3/t15?,16?,17-,18?,19+,20?,21+,23?;/m0./s1. The summed E-state index contributed by atoms with van der Waals surface area (Å²) in [5.41, 5.74) is 0.222. The summed E-state index contributed by atoms with van der Waals surface area (Å²) in [6.07, 6.45) is 15.6. The molecule has 5 unspecified atom stereocenters. The lowest BCUT2D eigenvalue weighted by Gasteiger charge is -2.56. The molecule has 1 aromatic rings. The average molecular weight is 400 g/mol. The van der Waals surface area contributed by atoms with Gasteiger partial charge in [-0.05, 0) is 92.3 Å². The highest BCUT2D eigenvalue weighted by atomic mass is 16.1. The molecule has 162 valence electrons. The Morgan fingerprint density at radius 3 is 2.45 bits per heavy atom. The molecule has 5 rings (SSSR count). The molecule has 0 N–H and O–H groups in total. The van der Waals surface area contributed by atoms with Gasteiger partial charge in [-0.15, -0.1) is 0 Å². The molecule has 0 spiro atoms. The minimum atomic E-state index is 0.221. The summed E-state index contributed by atoms with van der Waals surface area (Å²) in [6.45, 7) is 9.27. The van der Waals surface area contributed by atoms with Crippen molar-refractivity contribution in [2.45, 2.75) is 92.0 Å². The van der Waals surface area contributed by atoms with Crippen LogP contribution in [0.1, 0.15) is 85.5 Å². The van der Waals surface area contributed by atoms with Crippen molar-refractivity contribution >= 4 is 5.78 Å². The van der Waals surface area contributed by atoms with Crippen LogP contribution in [0.3, 0.4) is 0 Å². The van der Waals surface area contributed by atoms with E-state index in [2.05, 4.69) is 24.0 Å². The molecule has 4 aliphatic rings. The monoisotopic (exact) mass is 399 g/mol. The largest absolute Gasteiger partial charge is 0.297 e. The molecule has 4 heteroatoms. The number of aromatic nitrogens is 3. The first-order valence-corrected chi connectivity index (χ1v) is 12.4. The Balaban J connectivity index is 0.000000994. The summed E-state index contributed by atoms with van der Waals surface area (Å²) in [7, 11) is 0. The van der Waals surface area contributed by atoms with Gasteiger partial charge in [-0.3, -0.25) is 4.79 Å². The van der Waals surface area contributed by atoms with Gasteiger partial charge in [-0.2, -0.15) is 15.0 Å². The smallest absolute Gasteiger partial charge is 0.159 e. The minimum absolute atomic E-state index is 0.221. The van der Waals surface area contributed by atoms with Crippen molar-refractivity contribution in [1.82, 2.24) is 15.0 Å². The molecule has 4 saturated carbocycles. The summed E-state index contributed by atoms with van der Waals surface area (Å²) >= 11 is 0. The van der Waals surface area contributed by atoms with Gasteiger partial charge in [0, 0.05) is 5.92 Å². The van der Waals surface area contributed by atoms with Crippen molar-refractivity contribution in [2.24, 2.45) is 46.8 Å². The first-order chi connectivity index (χ1) is 14.1. The van der Waals surface area contributed by atoms with Crippen LogP contribution in [0, 0.1) is 46.8 Å². The van der Waals surface area contributed by atoms with E-state index in [9.17, 15) is 4.79 Å². The molecule has 8 atom stereocenters. The fourth-order valence-electron chi connectivity index (χ4n) is 8.19. The molecule has 0 aliphatic heterocycles. The van der Waals surface area contributed by atoms with E-state index < -0.39 is 0 Å². The fraction of sp³-hybridized carbons (Fsp3) is 0.880. The zero-order chi connectivity index (χ0) is 20.6. The lowest BCUT2D eigenvalue weighted by atomic mass is 9.49. The van der Waals surface area contributed by atoms with Crippen molar-refractivity contribution in [3.8, 4) is 0 Å². The topological polar surface area (TPSA) is 47.8 Å². The van der Waals surface area contributed by atoms with Gasteiger partial charge in [-0.25, -0.2) is 0 Å². The third-order valence-electron chi connectivity index (χ3n) is 9.37. The predicted molar refractivity (Wildman–Crippen MR) is 116 cm³/mol. The van der Waals surface area contributed by atoms with Gasteiger partial charge < -0.3 is 0 Å². The quantitative estimate of drug-likeness (QED) is 0.647. The molecule has 4 nitrogen and oxygen atoms in total. The number of ketones is 1. The van der Waals surface area contributed by atoms with E-state index in [1.807, 2.05) is 13.8 Å². The van der Waals surface area contributed by atoms with E-state index in [0.717, 1.165) is 41.9 Å². The number of hydrogen-bond acceptors (Lipinski definition) is 3. The number of hydrogen-bond donors (Lipinski definition) is 0. The van der Waals surface area contributed by atoms with Crippen molar-refractivity contribution in [3.05, 3.63) is 12.4 Å². The van der Waals surface area contributed by atoms with E-state index in [0.29, 0.717) is 12.3 Å². The molecule has 29 heavy (non-hydrogen) atoms. The molecule has 1 aromatic heterocycles. The maximum Gasteiger partial charge on any atom is 0.159 e. The van der Waals surface area contributed by atoms with Crippen LogP contribution >= 0.6 is 0 Å². The number of rotatable bonds is 3. The predicted octanol–water partition coefficient (Wildman–Crippen LogP) is 5.78. The average Bonchev–Trinajstić information content (AvgIpc) is 3.36. The first kappa shape index (κ1) is 21.1. The van der Waals surface area contributed by atoms with Crippen LogP contribution in [0.15, 0.2) is 12.4 Å². The van der Waals surface area contributed by atoms with Crippen LogP contribution in [0.25, 0.3) is 0 Å². The minimum Gasteiger partial charge on any atom is -0.297 e. The maximum atomic E-state index is 13.1. The Bertz CT molecular complexity index is 686. The van der Waals surface area contributed by atoms with Gasteiger partial charge in [0.1, 0.15) is 6.54 Å². The van der Waals surface area contributed by atoms with Crippen molar-refractivity contribution in [3.63, 3.8) is 0 Å². The Morgan fingerprint density at radius 2 is 1.69 bits per heavy atom. The molecule has 0 bridgehead atoms. The molecular weight excluding hydrogens is 358 g/mol. The van der Waals surface area contributed by atoms with Crippen molar-refractivity contribution in [2.75, 3.05) is 0 Å². The Hall–Kier alpha value is -1.19. The van der Waals surface area contributed by atoms with Crippen molar-refractivity contribution < 1.29 is 4.79 Å². The number of fused-ring (bicyclic) bond motifs is 5. The van der Waals surface area contributed by atoms with Crippen LogP contribution in [0.4, 0.5) is 0 Å². The lowest BCUT2D eigenvalue weighted by molar-refractivity contribution is -0.131. The van der Waals surface area contributed by atoms with E-state index in [-0.39, 0.29) is 11.3 Å². The molecule has 0 aromatic carbocycles. The van der Waals surface area contributed by atoms with Gasteiger partial charge in [0.05, 0.1) is 12.4 Å². The third kappa shape index (κ3) is 3.70. The van der Waals surface area contributed by atoms with Crippen molar-refractivity contribution in [1.29, 1.82) is 0 Å². The van der Waals surface area contributed by atoms with Crippen LogP contribution in [0.2, 0.25) is 0 Å². The van der Waals surface area contributed by atoms with Gasteiger partial charge >= 0.3 is 0 Å². The number of carbonyl (C=O) groups excluding carboxylic acids is 1. The van der Waals surface area contributed by atoms with Crippen LogP contribution < -0.4 is 0 Å². The Morgan fingerprint density at radius 1 is 0.966 bits per heavy atom. The zero-order valence-corrected chi connectivity index (χ0v) is 19.0. The second-order valence-electron chi connectivity index (χ2n) is 10.6. The Labute approximate surface area is 177 Å². The second-order valence-corrected chi connectivity index (χ2v) is 10.6. The van der Waals surface area contributed by atoms with Gasteiger partial charge in [-0.1, -0.05) is 34.1 Å².